The van der Waals surface area contributed by atoms with Crippen LogP contribution in [0.2, 0.25) is 0 Å². The zero-order valence-electron chi connectivity index (χ0n) is 10.3. The van der Waals surface area contributed by atoms with E-state index < -0.39 is 0 Å². The van der Waals surface area contributed by atoms with Crippen LogP contribution in [-0.4, -0.2) is 23.1 Å². The fourth-order valence-electron chi connectivity index (χ4n) is 1.78. The molecule has 0 spiro atoms. The monoisotopic (exact) mass is 236 g/mol. The van der Waals surface area contributed by atoms with Gasteiger partial charge in [-0.3, -0.25) is 0 Å². The maximum absolute atomic E-state index is 5.91. The Balaban J connectivity index is 1.83. The summed E-state index contributed by atoms with van der Waals surface area (Å²) < 4.78 is 5.32. The predicted octanol–water partition coefficient (Wildman–Crippen LogP) is 2.06. The maximum Gasteiger partial charge on any atom is 0.242 e. The number of nitrogens with two attached hydrogens (primary N) is 1. The van der Waals surface area contributed by atoms with Crippen LogP contribution in [0, 0.1) is 5.92 Å². The number of hydrogen-bond donors (Lipinski definition) is 2. The number of nitrogen functional groups attached to an aromatic ring is 1. The van der Waals surface area contributed by atoms with Gasteiger partial charge < -0.3 is 15.8 Å². The summed E-state index contributed by atoms with van der Waals surface area (Å²) >= 11 is 0. The van der Waals surface area contributed by atoms with E-state index in [2.05, 4.69) is 15.3 Å². The number of aromatic nitrogens is 2. The SMILES string of the molecule is CCOc1ncnc(NCCCC2CC2)c1N. The second kappa shape index (κ2) is 5.70. The number of anilines is 2. The van der Waals surface area contributed by atoms with E-state index in [0.29, 0.717) is 24.0 Å². The van der Waals surface area contributed by atoms with Gasteiger partial charge in [0.15, 0.2) is 5.82 Å². The predicted molar refractivity (Wildman–Crippen MR) is 68.1 cm³/mol. The van der Waals surface area contributed by atoms with Gasteiger partial charge in [-0.25, -0.2) is 4.98 Å². The number of hydrogen-bond acceptors (Lipinski definition) is 5. The molecule has 1 aliphatic rings. The van der Waals surface area contributed by atoms with Crippen LogP contribution in [0.1, 0.15) is 32.6 Å². The van der Waals surface area contributed by atoms with E-state index in [1.165, 1.54) is 25.6 Å². The number of nitrogens with one attached hydrogen (secondary N) is 1. The number of rotatable bonds is 7. The van der Waals surface area contributed by atoms with Gasteiger partial charge in [0.25, 0.3) is 0 Å². The molecule has 0 aliphatic heterocycles. The third-order valence-corrected chi connectivity index (χ3v) is 2.91. The molecule has 0 atom stereocenters. The first-order valence-corrected chi connectivity index (χ1v) is 6.28. The zero-order valence-corrected chi connectivity index (χ0v) is 10.3. The minimum absolute atomic E-state index is 0.465. The first kappa shape index (κ1) is 12.0. The van der Waals surface area contributed by atoms with Crippen LogP contribution in [0.4, 0.5) is 11.5 Å². The molecule has 94 valence electrons. The molecule has 1 heterocycles. The average Bonchev–Trinajstić information content (AvgIpc) is 3.13. The van der Waals surface area contributed by atoms with Crippen molar-refractivity contribution >= 4 is 11.5 Å². The molecule has 1 aliphatic carbocycles. The maximum atomic E-state index is 5.91. The van der Waals surface area contributed by atoms with Crippen LogP contribution >= 0.6 is 0 Å². The molecule has 1 saturated carbocycles. The van der Waals surface area contributed by atoms with Crippen molar-refractivity contribution < 1.29 is 4.74 Å². The van der Waals surface area contributed by atoms with Gasteiger partial charge in [-0.1, -0.05) is 12.8 Å². The van der Waals surface area contributed by atoms with Crippen LogP contribution in [0.5, 0.6) is 5.88 Å². The molecule has 0 aromatic carbocycles. The molecular weight excluding hydrogens is 216 g/mol. The molecule has 1 aromatic heterocycles. The summed E-state index contributed by atoms with van der Waals surface area (Å²) in [6, 6.07) is 0. The van der Waals surface area contributed by atoms with E-state index in [4.69, 9.17) is 10.5 Å². The molecule has 5 nitrogen and oxygen atoms in total. The van der Waals surface area contributed by atoms with Crippen molar-refractivity contribution in [3.05, 3.63) is 6.33 Å². The zero-order chi connectivity index (χ0) is 12.1. The molecule has 17 heavy (non-hydrogen) atoms. The Labute approximate surface area is 102 Å². The molecule has 0 saturated heterocycles. The van der Waals surface area contributed by atoms with E-state index in [1.54, 1.807) is 0 Å². The van der Waals surface area contributed by atoms with Gasteiger partial charge in [0, 0.05) is 6.54 Å². The normalized spacial score (nSPS) is 14.6. The van der Waals surface area contributed by atoms with E-state index in [9.17, 15) is 0 Å². The summed E-state index contributed by atoms with van der Waals surface area (Å²) in [6.45, 7) is 3.37. The summed E-state index contributed by atoms with van der Waals surface area (Å²) in [5.41, 5.74) is 6.41. The smallest absolute Gasteiger partial charge is 0.242 e. The number of nitrogens with zero attached hydrogens (tertiary/aromatic N) is 2. The molecule has 0 radical (unpaired) electrons. The standard InChI is InChI=1S/C12H20N4O/c1-2-17-12-10(13)11(15-8-16-12)14-7-3-4-9-5-6-9/h8-9H,2-7,13H2,1H3,(H,14,15,16). The van der Waals surface area contributed by atoms with Crippen molar-refractivity contribution in [3.8, 4) is 5.88 Å². The van der Waals surface area contributed by atoms with Crippen molar-refractivity contribution in [3.63, 3.8) is 0 Å². The van der Waals surface area contributed by atoms with Crippen LogP contribution in [0.25, 0.3) is 0 Å². The lowest BCUT2D eigenvalue weighted by Crippen LogP contribution is -2.09. The first-order chi connectivity index (χ1) is 8.31. The van der Waals surface area contributed by atoms with Gasteiger partial charge in [-0.05, 0) is 25.7 Å². The number of ether oxygens (including phenoxy) is 1. The third kappa shape index (κ3) is 3.47. The second-order valence-electron chi connectivity index (χ2n) is 4.39. The summed E-state index contributed by atoms with van der Waals surface area (Å²) in [6.07, 6.45) is 6.76. The highest BCUT2D eigenvalue weighted by Crippen LogP contribution is 2.33. The van der Waals surface area contributed by atoms with Gasteiger partial charge in [0.05, 0.1) is 6.61 Å². The van der Waals surface area contributed by atoms with E-state index in [-0.39, 0.29) is 0 Å². The lowest BCUT2D eigenvalue weighted by molar-refractivity contribution is 0.328. The summed E-state index contributed by atoms with van der Waals surface area (Å²) in [5.74, 6) is 2.12. The van der Waals surface area contributed by atoms with Gasteiger partial charge in [0.1, 0.15) is 12.0 Å². The van der Waals surface area contributed by atoms with Crippen LogP contribution in [-0.2, 0) is 0 Å². The highest BCUT2D eigenvalue weighted by molar-refractivity contribution is 5.66. The highest BCUT2D eigenvalue weighted by atomic mass is 16.5. The largest absolute Gasteiger partial charge is 0.476 e. The first-order valence-electron chi connectivity index (χ1n) is 6.28. The Bertz CT molecular complexity index is 366. The van der Waals surface area contributed by atoms with E-state index in [1.807, 2.05) is 6.92 Å². The second-order valence-corrected chi connectivity index (χ2v) is 4.39. The van der Waals surface area contributed by atoms with E-state index in [0.717, 1.165) is 18.9 Å². The van der Waals surface area contributed by atoms with Gasteiger partial charge in [0.2, 0.25) is 5.88 Å². The molecule has 1 fully saturated rings. The fourth-order valence-corrected chi connectivity index (χ4v) is 1.78. The Morgan fingerprint density at radius 3 is 3.00 bits per heavy atom. The lowest BCUT2D eigenvalue weighted by atomic mass is 10.2. The molecule has 5 heteroatoms. The molecular formula is C12H20N4O. The quantitative estimate of drug-likeness (QED) is 0.709. The average molecular weight is 236 g/mol. The Morgan fingerprint density at radius 1 is 1.47 bits per heavy atom. The third-order valence-electron chi connectivity index (χ3n) is 2.91. The van der Waals surface area contributed by atoms with E-state index >= 15 is 0 Å². The molecule has 2 rings (SSSR count). The van der Waals surface area contributed by atoms with Crippen molar-refractivity contribution in [1.29, 1.82) is 0 Å². The summed E-state index contributed by atoms with van der Waals surface area (Å²) in [5, 5.41) is 3.24. The van der Waals surface area contributed by atoms with Crippen molar-refractivity contribution in [2.45, 2.75) is 32.6 Å². The fraction of sp³-hybridized carbons (Fsp3) is 0.667. The molecule has 0 unspecified atom stereocenters. The Morgan fingerprint density at radius 2 is 2.29 bits per heavy atom. The summed E-state index contributed by atoms with van der Waals surface area (Å²) in [4.78, 5) is 8.12. The van der Waals surface area contributed by atoms with Gasteiger partial charge >= 0.3 is 0 Å². The van der Waals surface area contributed by atoms with Crippen molar-refractivity contribution in [1.82, 2.24) is 9.97 Å². The highest BCUT2D eigenvalue weighted by Gasteiger charge is 2.20. The van der Waals surface area contributed by atoms with Gasteiger partial charge in [-0.2, -0.15) is 4.98 Å². The van der Waals surface area contributed by atoms with Gasteiger partial charge in [-0.15, -0.1) is 0 Å². The molecule has 0 amide bonds. The molecule has 0 bridgehead atoms. The topological polar surface area (TPSA) is 73.1 Å². The molecule has 1 aromatic rings. The van der Waals surface area contributed by atoms with Crippen LogP contribution < -0.4 is 15.8 Å². The summed E-state index contributed by atoms with van der Waals surface area (Å²) in [7, 11) is 0. The minimum atomic E-state index is 0.465. The Hall–Kier alpha value is -1.52. The lowest BCUT2D eigenvalue weighted by Gasteiger charge is -2.10. The van der Waals surface area contributed by atoms with Crippen LogP contribution in [0.3, 0.4) is 0 Å². The van der Waals surface area contributed by atoms with Crippen molar-refractivity contribution in [2.75, 3.05) is 24.2 Å². The minimum Gasteiger partial charge on any atom is -0.476 e. The Kier molecular flexibility index (Phi) is 4.01. The van der Waals surface area contributed by atoms with Crippen LogP contribution in [0.15, 0.2) is 6.33 Å². The van der Waals surface area contributed by atoms with Crippen molar-refractivity contribution in [2.24, 2.45) is 5.92 Å². The molecule has 3 N–H and O–H groups in total.